The van der Waals surface area contributed by atoms with Gasteiger partial charge in [-0.15, -0.1) is 0 Å². The van der Waals surface area contributed by atoms with Crippen LogP contribution in [0.3, 0.4) is 0 Å². The van der Waals surface area contributed by atoms with Crippen LogP contribution in [0.25, 0.3) is 0 Å². The maximum absolute atomic E-state index is 13.9. The van der Waals surface area contributed by atoms with E-state index in [0.29, 0.717) is 62.9 Å². The van der Waals surface area contributed by atoms with Gasteiger partial charge in [-0.25, -0.2) is 25.4 Å². The van der Waals surface area contributed by atoms with Crippen LogP contribution in [0, 0.1) is 0 Å². The molecule has 2 aromatic rings. The molecule has 17 heteroatoms. The molecule has 15 nitrogen and oxygen atoms in total. The molecule has 3 amide bonds. The maximum atomic E-state index is 13.9. The zero-order valence-electron chi connectivity index (χ0n) is 29.0. The summed E-state index contributed by atoms with van der Waals surface area (Å²) in [6.45, 7) is 2.12. The van der Waals surface area contributed by atoms with Crippen molar-refractivity contribution < 1.29 is 36.0 Å². The van der Waals surface area contributed by atoms with Crippen LogP contribution in [0.15, 0.2) is 42.7 Å². The predicted octanol–water partition coefficient (Wildman–Crippen LogP) is 1.70. The van der Waals surface area contributed by atoms with Gasteiger partial charge in [0.05, 0.1) is 47.8 Å². The molecule has 3 aliphatic heterocycles. The first-order valence-corrected chi connectivity index (χ1v) is 21.0. The predicted molar refractivity (Wildman–Crippen MR) is 193 cm³/mol. The summed E-state index contributed by atoms with van der Waals surface area (Å²) in [5.74, 6) is -1.20. The van der Waals surface area contributed by atoms with Gasteiger partial charge in [0, 0.05) is 52.0 Å². The van der Waals surface area contributed by atoms with Gasteiger partial charge in [0.2, 0.25) is 31.9 Å². The minimum absolute atomic E-state index is 0.0539. The van der Waals surface area contributed by atoms with Crippen LogP contribution in [0.5, 0.6) is 5.75 Å². The number of carbonyl (C=O) groups is 3. The fourth-order valence-corrected chi connectivity index (χ4v) is 9.31. The van der Waals surface area contributed by atoms with Crippen molar-refractivity contribution in [3.8, 4) is 5.75 Å². The van der Waals surface area contributed by atoms with Crippen LogP contribution in [-0.2, 0) is 29.6 Å². The molecule has 2 saturated heterocycles. The number of aromatic nitrogens is 1. The number of carbonyl (C=O) groups excluding carboxylic acids is 3. The number of hydrogen-bond donors (Lipinski definition) is 2. The molecule has 0 saturated carbocycles. The van der Waals surface area contributed by atoms with Crippen LogP contribution in [0.4, 0.5) is 11.4 Å². The van der Waals surface area contributed by atoms with Crippen molar-refractivity contribution in [2.45, 2.75) is 51.4 Å². The quantitative estimate of drug-likeness (QED) is 0.325. The Kier molecular flexibility index (Phi) is 13.6. The van der Waals surface area contributed by atoms with E-state index in [9.17, 15) is 31.2 Å². The van der Waals surface area contributed by atoms with Crippen molar-refractivity contribution in [3.05, 3.63) is 48.3 Å². The number of pyridine rings is 1. The number of rotatable bonds is 12. The van der Waals surface area contributed by atoms with Gasteiger partial charge < -0.3 is 25.2 Å². The van der Waals surface area contributed by atoms with Crippen LogP contribution in [-0.4, -0.2) is 130 Å². The lowest BCUT2D eigenvalue weighted by Crippen LogP contribution is -2.43. The number of hydrogen-bond acceptors (Lipinski definition) is 10. The number of ether oxygens (including phenoxy) is 1. The lowest BCUT2D eigenvalue weighted by molar-refractivity contribution is -0.122. The molecule has 0 aliphatic carbocycles. The van der Waals surface area contributed by atoms with Crippen LogP contribution in [0.1, 0.15) is 61.7 Å². The Labute approximate surface area is 300 Å². The Balaban J connectivity index is 1.31. The van der Waals surface area contributed by atoms with Crippen LogP contribution < -0.4 is 20.3 Å². The molecule has 280 valence electrons. The minimum atomic E-state index is -3.48. The van der Waals surface area contributed by atoms with E-state index in [2.05, 4.69) is 15.6 Å². The number of para-hydroxylation sites is 2. The molecular formula is C34H49N7O8S2. The third-order valence-corrected chi connectivity index (χ3v) is 13.0. The number of nitrogens with zero attached hydrogens (tertiary/aromatic N) is 5. The first-order chi connectivity index (χ1) is 24.5. The molecule has 0 atom stereocenters. The minimum Gasteiger partial charge on any atom is -0.491 e. The van der Waals surface area contributed by atoms with Crippen molar-refractivity contribution in [1.82, 2.24) is 29.1 Å². The average molecular weight is 748 g/mol. The SMILES string of the molecule is O=C(CN1CCCCCCOc2ccccc2N(CC(=O)NCCS(=O)(=O)N2CCCC2)c2cncc(c2)C1=O)NCCS(=O)(=O)N1CCCC1. The molecule has 1 aromatic heterocycles. The van der Waals surface area contributed by atoms with Gasteiger partial charge >= 0.3 is 0 Å². The van der Waals surface area contributed by atoms with E-state index < -0.39 is 37.8 Å². The number of benzene rings is 1. The molecule has 51 heavy (non-hydrogen) atoms. The van der Waals surface area contributed by atoms with Gasteiger partial charge in [-0.2, -0.15) is 0 Å². The molecule has 0 radical (unpaired) electrons. The number of sulfonamides is 2. The molecular weight excluding hydrogens is 699 g/mol. The van der Waals surface area contributed by atoms with E-state index in [1.54, 1.807) is 23.1 Å². The van der Waals surface area contributed by atoms with Crippen LogP contribution in [0.2, 0.25) is 0 Å². The van der Waals surface area contributed by atoms with E-state index in [4.69, 9.17) is 4.74 Å². The molecule has 2 fully saturated rings. The second-order valence-corrected chi connectivity index (χ2v) is 17.2. The summed E-state index contributed by atoms with van der Waals surface area (Å²) in [5, 5.41) is 5.40. The summed E-state index contributed by atoms with van der Waals surface area (Å²) in [7, 11) is -6.94. The molecule has 2 N–H and O–H groups in total. The molecule has 5 rings (SSSR count). The topological polar surface area (TPSA) is 179 Å². The summed E-state index contributed by atoms with van der Waals surface area (Å²) in [6, 6.07) is 8.85. The van der Waals surface area contributed by atoms with E-state index in [-0.39, 0.29) is 43.2 Å². The second kappa shape index (κ2) is 18.1. The van der Waals surface area contributed by atoms with E-state index >= 15 is 0 Å². The summed E-state index contributed by atoms with van der Waals surface area (Å²) in [5.41, 5.74) is 1.19. The Morgan fingerprint density at radius 2 is 1.29 bits per heavy atom. The maximum Gasteiger partial charge on any atom is 0.255 e. The lowest BCUT2D eigenvalue weighted by Gasteiger charge is -2.27. The largest absolute Gasteiger partial charge is 0.491 e. The Bertz CT molecular complexity index is 1730. The average Bonchev–Trinajstić information content (AvgIpc) is 3.86. The monoisotopic (exact) mass is 747 g/mol. The van der Waals surface area contributed by atoms with Crippen LogP contribution >= 0.6 is 0 Å². The Hall–Kier alpha value is -3.80. The zero-order valence-corrected chi connectivity index (χ0v) is 30.6. The second-order valence-electron chi connectivity index (χ2n) is 13.0. The van der Waals surface area contributed by atoms with E-state index in [1.165, 1.54) is 25.9 Å². The van der Waals surface area contributed by atoms with E-state index in [1.807, 2.05) is 12.1 Å². The third-order valence-electron chi connectivity index (χ3n) is 9.22. The Morgan fingerprint density at radius 1 is 0.725 bits per heavy atom. The van der Waals surface area contributed by atoms with Gasteiger partial charge in [0.1, 0.15) is 12.3 Å². The molecule has 0 spiro atoms. The van der Waals surface area contributed by atoms with Gasteiger partial charge in [0.25, 0.3) is 5.91 Å². The molecule has 2 bridgehead atoms. The number of anilines is 2. The first-order valence-electron chi connectivity index (χ1n) is 17.8. The molecule has 0 unspecified atom stereocenters. The molecule has 3 aliphatic rings. The standard InChI is InChI=1S/C34H49N7O8S2/c42-32(36-13-21-50(45,46)39-16-6-7-17-39)26-38-15-5-1-2-10-20-49-31-12-4-3-11-30(31)41(29-23-28(34(38)44)24-35-25-29)27-33(43)37-14-22-51(47,48)40-18-8-9-19-40/h3-4,11-12,23-25H,1-2,5-10,13-22,26-27H2,(H,36,42)(H,37,43). The smallest absolute Gasteiger partial charge is 0.255 e. The molecule has 1 aromatic carbocycles. The molecule has 4 heterocycles. The summed E-state index contributed by atoms with van der Waals surface area (Å²) >= 11 is 0. The summed E-state index contributed by atoms with van der Waals surface area (Å²) in [4.78, 5) is 47.7. The fraction of sp³-hybridized carbons (Fsp3) is 0.588. The highest BCUT2D eigenvalue weighted by Gasteiger charge is 2.28. The lowest BCUT2D eigenvalue weighted by atomic mass is 10.1. The van der Waals surface area contributed by atoms with Crippen molar-refractivity contribution in [1.29, 1.82) is 0 Å². The highest BCUT2D eigenvalue weighted by atomic mass is 32.2. The van der Waals surface area contributed by atoms with Gasteiger partial charge in [0.15, 0.2) is 0 Å². The van der Waals surface area contributed by atoms with Gasteiger partial charge in [-0.1, -0.05) is 25.0 Å². The fourth-order valence-electron chi connectivity index (χ4n) is 6.44. The highest BCUT2D eigenvalue weighted by Crippen LogP contribution is 2.34. The van der Waals surface area contributed by atoms with Crippen molar-refractivity contribution >= 4 is 49.1 Å². The van der Waals surface area contributed by atoms with Gasteiger partial charge in [-0.05, 0) is 56.7 Å². The summed E-state index contributed by atoms with van der Waals surface area (Å²) < 4.78 is 59.7. The number of amides is 3. The first kappa shape index (κ1) is 38.4. The number of fused-ring (bicyclic) bond motifs is 3. The highest BCUT2D eigenvalue weighted by molar-refractivity contribution is 7.89. The van der Waals surface area contributed by atoms with Crippen molar-refractivity contribution in [2.24, 2.45) is 0 Å². The van der Waals surface area contributed by atoms with Gasteiger partial charge in [-0.3, -0.25) is 19.4 Å². The third kappa shape index (κ3) is 10.9. The zero-order chi connectivity index (χ0) is 36.3. The summed E-state index contributed by atoms with van der Waals surface area (Å²) in [6.07, 6.45) is 9.25. The van der Waals surface area contributed by atoms with Crippen molar-refractivity contribution in [3.63, 3.8) is 0 Å². The number of nitrogens with one attached hydrogen (secondary N) is 2. The van der Waals surface area contributed by atoms with E-state index in [0.717, 1.165) is 44.9 Å². The normalized spacial score (nSPS) is 18.4. The van der Waals surface area contributed by atoms with Crippen molar-refractivity contribution in [2.75, 3.05) is 81.9 Å². The Morgan fingerprint density at radius 3 is 1.94 bits per heavy atom.